The number of aryl methyl sites for hydroxylation is 2. The van der Waals surface area contributed by atoms with Gasteiger partial charge in [0.25, 0.3) is 0 Å². The van der Waals surface area contributed by atoms with Gasteiger partial charge in [0.1, 0.15) is 6.04 Å². The third-order valence-electron chi connectivity index (χ3n) is 6.26. The standard InChI is InChI=1S/C28H32N2O2S/c1-20-15-21(2)17-25(16-20)30(26(31)18-22-13-14-33-19-22)27(23-9-5-3-6-10-23)28(32)29-24-11-7-4-8-12-24/h3,5-6,9-10,13-17,19,24,27H,4,7-8,11-12,18H2,1-2H3,(H,29,32)/t27-/m1/s1. The van der Waals surface area contributed by atoms with E-state index in [1.807, 2.05) is 73.1 Å². The molecule has 4 nitrogen and oxygen atoms in total. The van der Waals surface area contributed by atoms with Crippen LogP contribution in [0, 0.1) is 13.8 Å². The van der Waals surface area contributed by atoms with Crippen molar-refractivity contribution in [2.75, 3.05) is 4.90 Å². The van der Waals surface area contributed by atoms with Crippen LogP contribution in [-0.2, 0) is 16.0 Å². The van der Waals surface area contributed by atoms with Crippen molar-refractivity contribution in [1.82, 2.24) is 5.32 Å². The predicted molar refractivity (Wildman–Crippen MR) is 136 cm³/mol. The van der Waals surface area contributed by atoms with Crippen LogP contribution in [0.5, 0.6) is 0 Å². The van der Waals surface area contributed by atoms with E-state index in [2.05, 4.69) is 11.4 Å². The Morgan fingerprint density at radius 1 is 1.00 bits per heavy atom. The summed E-state index contributed by atoms with van der Waals surface area (Å²) in [4.78, 5) is 29.3. The van der Waals surface area contributed by atoms with Crippen LogP contribution in [0.15, 0.2) is 65.4 Å². The quantitative estimate of drug-likeness (QED) is 0.461. The maximum atomic E-state index is 13.8. The number of carbonyl (C=O) groups excluding carboxylic acids is 2. The van der Waals surface area contributed by atoms with Crippen LogP contribution in [0.1, 0.15) is 60.4 Å². The molecule has 0 radical (unpaired) electrons. The lowest BCUT2D eigenvalue weighted by atomic mass is 9.94. The fourth-order valence-corrected chi connectivity index (χ4v) is 5.43. The molecule has 1 N–H and O–H groups in total. The first-order chi connectivity index (χ1) is 16.0. The van der Waals surface area contributed by atoms with Gasteiger partial charge in [-0.15, -0.1) is 0 Å². The monoisotopic (exact) mass is 460 g/mol. The van der Waals surface area contributed by atoms with Crippen LogP contribution < -0.4 is 10.2 Å². The van der Waals surface area contributed by atoms with Crippen LogP contribution in [0.25, 0.3) is 0 Å². The normalized spacial score (nSPS) is 15.1. The van der Waals surface area contributed by atoms with E-state index in [0.29, 0.717) is 0 Å². The number of thiophene rings is 1. The van der Waals surface area contributed by atoms with Crippen molar-refractivity contribution in [1.29, 1.82) is 0 Å². The molecule has 1 aliphatic rings. The molecule has 0 saturated heterocycles. The number of amides is 2. The second kappa shape index (κ2) is 10.8. The van der Waals surface area contributed by atoms with Gasteiger partial charge in [-0.3, -0.25) is 14.5 Å². The molecule has 4 rings (SSSR count). The zero-order chi connectivity index (χ0) is 23.2. The molecule has 2 aromatic carbocycles. The van der Waals surface area contributed by atoms with E-state index in [1.165, 1.54) is 6.42 Å². The summed E-state index contributed by atoms with van der Waals surface area (Å²) in [7, 11) is 0. The number of nitrogens with one attached hydrogen (secondary N) is 1. The molecule has 0 aliphatic heterocycles. The number of nitrogens with zero attached hydrogens (tertiary/aromatic N) is 1. The summed E-state index contributed by atoms with van der Waals surface area (Å²) in [5, 5.41) is 7.26. The topological polar surface area (TPSA) is 49.4 Å². The van der Waals surface area contributed by atoms with E-state index in [9.17, 15) is 9.59 Å². The molecule has 3 aromatic rings. The molecule has 0 unspecified atom stereocenters. The summed E-state index contributed by atoms with van der Waals surface area (Å²) in [5.74, 6) is -0.183. The Kier molecular flexibility index (Phi) is 7.61. The number of carbonyl (C=O) groups is 2. The fraction of sp³-hybridized carbons (Fsp3) is 0.357. The molecule has 172 valence electrons. The minimum Gasteiger partial charge on any atom is -0.351 e. The molecule has 0 spiro atoms. The third-order valence-corrected chi connectivity index (χ3v) is 6.99. The molecule has 0 bridgehead atoms. The highest BCUT2D eigenvalue weighted by molar-refractivity contribution is 7.08. The molecule has 1 fully saturated rings. The number of hydrogen-bond donors (Lipinski definition) is 1. The Morgan fingerprint density at radius 2 is 1.70 bits per heavy atom. The SMILES string of the molecule is Cc1cc(C)cc(N(C(=O)Cc2ccsc2)[C@@H](C(=O)NC2CCCCC2)c2ccccc2)c1. The lowest BCUT2D eigenvalue weighted by molar-refractivity contribution is -0.127. The average Bonchev–Trinajstić information content (AvgIpc) is 3.30. The van der Waals surface area contributed by atoms with E-state index in [-0.39, 0.29) is 24.3 Å². The van der Waals surface area contributed by atoms with Crippen molar-refractivity contribution in [2.24, 2.45) is 0 Å². The molecular formula is C28H32N2O2S. The van der Waals surface area contributed by atoms with Gasteiger partial charge in [0, 0.05) is 11.7 Å². The van der Waals surface area contributed by atoms with Gasteiger partial charge in [-0.1, -0.05) is 55.7 Å². The predicted octanol–water partition coefficient (Wildman–Crippen LogP) is 6.13. The van der Waals surface area contributed by atoms with Gasteiger partial charge in [0.05, 0.1) is 6.42 Å². The van der Waals surface area contributed by atoms with E-state index in [0.717, 1.165) is 53.6 Å². The van der Waals surface area contributed by atoms with E-state index in [1.54, 1.807) is 16.2 Å². The molecule has 1 atom stereocenters. The van der Waals surface area contributed by atoms with Crippen LogP contribution in [0.3, 0.4) is 0 Å². The minimum absolute atomic E-state index is 0.0777. The second-order valence-electron chi connectivity index (χ2n) is 9.07. The molecule has 1 heterocycles. The van der Waals surface area contributed by atoms with Crippen LogP contribution in [-0.4, -0.2) is 17.9 Å². The summed E-state index contributed by atoms with van der Waals surface area (Å²) >= 11 is 1.58. The van der Waals surface area contributed by atoms with Gasteiger partial charge in [-0.05, 0) is 77.9 Å². The Labute approximate surface area is 200 Å². The Morgan fingerprint density at radius 3 is 2.33 bits per heavy atom. The highest BCUT2D eigenvalue weighted by atomic mass is 32.1. The summed E-state index contributed by atoms with van der Waals surface area (Å²) in [5.41, 5.74) is 4.69. The van der Waals surface area contributed by atoms with Crippen molar-refractivity contribution in [3.05, 3.63) is 87.6 Å². The second-order valence-corrected chi connectivity index (χ2v) is 9.85. The number of rotatable bonds is 7. The largest absolute Gasteiger partial charge is 0.351 e. The van der Waals surface area contributed by atoms with Crippen molar-refractivity contribution in [3.8, 4) is 0 Å². The number of benzene rings is 2. The zero-order valence-electron chi connectivity index (χ0n) is 19.4. The van der Waals surface area contributed by atoms with Gasteiger partial charge < -0.3 is 5.32 Å². The summed E-state index contributed by atoms with van der Waals surface area (Å²) in [6.07, 6.45) is 5.76. The Balaban J connectivity index is 1.75. The minimum atomic E-state index is -0.722. The Hall–Kier alpha value is -2.92. The van der Waals surface area contributed by atoms with Crippen molar-refractivity contribution in [3.63, 3.8) is 0 Å². The summed E-state index contributed by atoms with van der Waals surface area (Å²) in [6, 6.07) is 17.2. The summed E-state index contributed by atoms with van der Waals surface area (Å²) in [6.45, 7) is 4.05. The molecule has 1 aliphatic carbocycles. The highest BCUT2D eigenvalue weighted by Crippen LogP contribution is 2.31. The summed E-state index contributed by atoms with van der Waals surface area (Å²) < 4.78 is 0. The first-order valence-corrected chi connectivity index (χ1v) is 12.7. The molecular weight excluding hydrogens is 428 g/mol. The highest BCUT2D eigenvalue weighted by Gasteiger charge is 2.34. The van der Waals surface area contributed by atoms with Gasteiger partial charge in [-0.2, -0.15) is 11.3 Å². The molecule has 2 amide bonds. The van der Waals surface area contributed by atoms with Crippen molar-refractivity contribution in [2.45, 2.75) is 64.5 Å². The third kappa shape index (κ3) is 5.91. The molecule has 5 heteroatoms. The maximum absolute atomic E-state index is 13.8. The zero-order valence-corrected chi connectivity index (χ0v) is 20.2. The van der Waals surface area contributed by atoms with Crippen LogP contribution in [0.2, 0.25) is 0 Å². The van der Waals surface area contributed by atoms with E-state index in [4.69, 9.17) is 0 Å². The first-order valence-electron chi connectivity index (χ1n) is 11.8. The fourth-order valence-electron chi connectivity index (χ4n) is 4.76. The first kappa shape index (κ1) is 23.2. The van der Waals surface area contributed by atoms with Crippen molar-refractivity contribution >= 4 is 28.8 Å². The van der Waals surface area contributed by atoms with Crippen LogP contribution in [0.4, 0.5) is 5.69 Å². The molecule has 1 aromatic heterocycles. The van der Waals surface area contributed by atoms with Crippen LogP contribution >= 0.6 is 11.3 Å². The van der Waals surface area contributed by atoms with Crippen molar-refractivity contribution < 1.29 is 9.59 Å². The Bertz CT molecular complexity index is 1050. The van der Waals surface area contributed by atoms with Gasteiger partial charge in [0.2, 0.25) is 11.8 Å². The maximum Gasteiger partial charge on any atom is 0.248 e. The lowest BCUT2D eigenvalue weighted by Gasteiger charge is -2.34. The van der Waals surface area contributed by atoms with Gasteiger partial charge in [0.15, 0.2) is 0 Å². The lowest BCUT2D eigenvalue weighted by Crippen LogP contribution is -2.47. The van der Waals surface area contributed by atoms with E-state index < -0.39 is 6.04 Å². The van der Waals surface area contributed by atoms with Gasteiger partial charge in [-0.25, -0.2) is 0 Å². The molecule has 1 saturated carbocycles. The van der Waals surface area contributed by atoms with Gasteiger partial charge >= 0.3 is 0 Å². The number of hydrogen-bond acceptors (Lipinski definition) is 3. The van der Waals surface area contributed by atoms with E-state index >= 15 is 0 Å². The smallest absolute Gasteiger partial charge is 0.248 e. The average molecular weight is 461 g/mol. The number of anilines is 1. The molecule has 33 heavy (non-hydrogen) atoms.